The van der Waals surface area contributed by atoms with E-state index < -0.39 is 0 Å². The van der Waals surface area contributed by atoms with Crippen molar-refractivity contribution in [1.82, 2.24) is 14.6 Å². The monoisotopic (exact) mass is 204 g/mol. The van der Waals surface area contributed by atoms with E-state index in [1.54, 1.807) is 0 Å². The Morgan fingerprint density at radius 2 is 2.47 bits per heavy atom. The molecule has 3 rings (SSSR count). The van der Waals surface area contributed by atoms with Crippen molar-refractivity contribution in [3.05, 3.63) is 24.5 Å². The molecule has 0 spiro atoms. The van der Waals surface area contributed by atoms with Crippen LogP contribution in [0.4, 0.5) is 5.95 Å². The molecule has 1 aliphatic rings. The van der Waals surface area contributed by atoms with Gasteiger partial charge in [0.1, 0.15) is 0 Å². The summed E-state index contributed by atoms with van der Waals surface area (Å²) in [5, 5.41) is 7.52. The SMILES string of the molecule is c1cc2cnc(NCC3COC3)nn2c1. The highest BCUT2D eigenvalue weighted by molar-refractivity contribution is 5.45. The second-order valence-corrected chi connectivity index (χ2v) is 3.74. The smallest absolute Gasteiger partial charge is 0.241 e. The number of nitrogens with zero attached hydrogens (tertiary/aromatic N) is 3. The number of hydrogen-bond donors (Lipinski definition) is 1. The van der Waals surface area contributed by atoms with Crippen molar-refractivity contribution in [3.8, 4) is 0 Å². The fraction of sp³-hybridized carbons (Fsp3) is 0.400. The summed E-state index contributed by atoms with van der Waals surface area (Å²) in [6, 6.07) is 3.93. The van der Waals surface area contributed by atoms with E-state index in [9.17, 15) is 0 Å². The molecule has 3 heterocycles. The molecule has 0 atom stereocenters. The highest BCUT2D eigenvalue weighted by Gasteiger charge is 2.17. The summed E-state index contributed by atoms with van der Waals surface area (Å²) in [4.78, 5) is 4.23. The molecule has 5 heteroatoms. The summed E-state index contributed by atoms with van der Waals surface area (Å²) in [5.74, 6) is 1.28. The standard InChI is InChI=1S/C10H12N4O/c1-2-9-5-12-10(13-14(9)3-1)11-4-8-6-15-7-8/h1-3,5,8H,4,6-7H2,(H,11,13). The van der Waals surface area contributed by atoms with Gasteiger partial charge in [-0.1, -0.05) is 0 Å². The first kappa shape index (κ1) is 8.67. The van der Waals surface area contributed by atoms with Crippen molar-refractivity contribution in [2.24, 2.45) is 5.92 Å². The zero-order valence-electron chi connectivity index (χ0n) is 8.26. The Bertz CT molecular complexity index is 463. The van der Waals surface area contributed by atoms with Gasteiger partial charge in [0.25, 0.3) is 0 Å². The zero-order valence-corrected chi connectivity index (χ0v) is 8.26. The highest BCUT2D eigenvalue weighted by Crippen LogP contribution is 2.10. The van der Waals surface area contributed by atoms with Crippen LogP contribution in [-0.2, 0) is 4.74 Å². The number of anilines is 1. The van der Waals surface area contributed by atoms with E-state index in [0.717, 1.165) is 25.3 Å². The molecule has 78 valence electrons. The molecule has 1 saturated heterocycles. The van der Waals surface area contributed by atoms with Crippen LogP contribution in [0.2, 0.25) is 0 Å². The van der Waals surface area contributed by atoms with Crippen LogP contribution in [-0.4, -0.2) is 34.4 Å². The first-order valence-electron chi connectivity index (χ1n) is 5.04. The van der Waals surface area contributed by atoms with Gasteiger partial charge in [-0.15, -0.1) is 5.10 Å². The molecule has 15 heavy (non-hydrogen) atoms. The van der Waals surface area contributed by atoms with Crippen LogP contribution in [0.15, 0.2) is 24.5 Å². The number of fused-ring (bicyclic) bond motifs is 1. The average Bonchev–Trinajstić information content (AvgIpc) is 2.62. The normalized spacial score (nSPS) is 16.5. The second kappa shape index (κ2) is 3.51. The Morgan fingerprint density at radius 1 is 1.53 bits per heavy atom. The van der Waals surface area contributed by atoms with Crippen LogP contribution in [0.25, 0.3) is 5.52 Å². The minimum absolute atomic E-state index is 0.606. The van der Waals surface area contributed by atoms with Gasteiger partial charge in [-0.25, -0.2) is 9.50 Å². The number of nitrogens with one attached hydrogen (secondary N) is 1. The van der Waals surface area contributed by atoms with E-state index in [2.05, 4.69) is 15.4 Å². The predicted molar refractivity (Wildman–Crippen MR) is 55.8 cm³/mol. The molecule has 5 nitrogen and oxygen atoms in total. The van der Waals surface area contributed by atoms with Crippen LogP contribution < -0.4 is 5.32 Å². The largest absolute Gasteiger partial charge is 0.381 e. The maximum atomic E-state index is 5.10. The van der Waals surface area contributed by atoms with Gasteiger partial charge in [0, 0.05) is 18.7 Å². The van der Waals surface area contributed by atoms with Crippen LogP contribution in [0, 0.1) is 5.92 Å². The molecule has 1 fully saturated rings. The Labute approximate surface area is 87.1 Å². The van der Waals surface area contributed by atoms with E-state index in [1.165, 1.54) is 0 Å². The summed E-state index contributed by atoms with van der Waals surface area (Å²) in [6.07, 6.45) is 3.72. The van der Waals surface area contributed by atoms with E-state index in [-0.39, 0.29) is 0 Å². The Morgan fingerprint density at radius 3 is 3.27 bits per heavy atom. The molecule has 2 aromatic heterocycles. The maximum Gasteiger partial charge on any atom is 0.241 e. The first-order valence-corrected chi connectivity index (χ1v) is 5.04. The third kappa shape index (κ3) is 1.66. The van der Waals surface area contributed by atoms with Crippen molar-refractivity contribution in [1.29, 1.82) is 0 Å². The van der Waals surface area contributed by atoms with Gasteiger partial charge in [-0.05, 0) is 12.1 Å². The predicted octanol–water partition coefficient (Wildman–Crippen LogP) is 0.788. The summed E-state index contributed by atoms with van der Waals surface area (Å²) in [7, 11) is 0. The average molecular weight is 204 g/mol. The highest BCUT2D eigenvalue weighted by atomic mass is 16.5. The van der Waals surface area contributed by atoms with Crippen LogP contribution in [0.5, 0.6) is 0 Å². The molecule has 1 aliphatic heterocycles. The van der Waals surface area contributed by atoms with Crippen molar-refractivity contribution >= 4 is 11.5 Å². The number of ether oxygens (including phenoxy) is 1. The minimum atomic E-state index is 0.606. The molecule has 2 aromatic rings. The van der Waals surface area contributed by atoms with Gasteiger partial charge in [0.2, 0.25) is 5.95 Å². The van der Waals surface area contributed by atoms with Gasteiger partial charge >= 0.3 is 0 Å². The molecule has 0 saturated carbocycles. The third-order valence-corrected chi connectivity index (χ3v) is 2.54. The molecule has 1 N–H and O–H groups in total. The van der Waals surface area contributed by atoms with E-state index in [0.29, 0.717) is 11.9 Å². The molecule has 0 unspecified atom stereocenters. The van der Waals surface area contributed by atoms with Crippen molar-refractivity contribution < 1.29 is 4.74 Å². The first-order chi connectivity index (χ1) is 7.42. The van der Waals surface area contributed by atoms with Gasteiger partial charge in [-0.2, -0.15) is 0 Å². The lowest BCUT2D eigenvalue weighted by molar-refractivity contribution is -0.0249. The molecular formula is C10H12N4O. The molecule has 0 bridgehead atoms. The summed E-state index contributed by atoms with van der Waals surface area (Å²) in [5.41, 5.74) is 1.01. The summed E-state index contributed by atoms with van der Waals surface area (Å²) >= 11 is 0. The van der Waals surface area contributed by atoms with Crippen LogP contribution >= 0.6 is 0 Å². The van der Waals surface area contributed by atoms with Gasteiger partial charge in [0.05, 0.1) is 24.9 Å². The Balaban J connectivity index is 1.72. The minimum Gasteiger partial charge on any atom is -0.381 e. The van der Waals surface area contributed by atoms with E-state index in [1.807, 2.05) is 29.0 Å². The molecule has 0 aliphatic carbocycles. The van der Waals surface area contributed by atoms with Crippen molar-refractivity contribution in [3.63, 3.8) is 0 Å². The molecule has 0 amide bonds. The summed E-state index contributed by atoms with van der Waals surface area (Å²) in [6.45, 7) is 2.57. The van der Waals surface area contributed by atoms with E-state index in [4.69, 9.17) is 4.74 Å². The van der Waals surface area contributed by atoms with Gasteiger partial charge < -0.3 is 10.1 Å². The number of rotatable bonds is 3. The Kier molecular flexibility index (Phi) is 2.03. The molecule has 0 aromatic carbocycles. The van der Waals surface area contributed by atoms with Gasteiger partial charge in [0.15, 0.2) is 0 Å². The lowest BCUT2D eigenvalue weighted by Crippen LogP contribution is -2.33. The maximum absolute atomic E-state index is 5.10. The summed E-state index contributed by atoms with van der Waals surface area (Å²) < 4.78 is 6.91. The van der Waals surface area contributed by atoms with Crippen LogP contribution in [0.3, 0.4) is 0 Å². The fourth-order valence-corrected chi connectivity index (χ4v) is 1.55. The van der Waals surface area contributed by atoms with Crippen molar-refractivity contribution in [2.45, 2.75) is 0 Å². The topological polar surface area (TPSA) is 51.5 Å². The van der Waals surface area contributed by atoms with Gasteiger partial charge in [-0.3, -0.25) is 0 Å². The van der Waals surface area contributed by atoms with Crippen LogP contribution in [0.1, 0.15) is 0 Å². The quantitative estimate of drug-likeness (QED) is 0.803. The molecule has 0 radical (unpaired) electrons. The lowest BCUT2D eigenvalue weighted by atomic mass is 10.1. The second-order valence-electron chi connectivity index (χ2n) is 3.74. The number of aromatic nitrogens is 3. The molecular weight excluding hydrogens is 192 g/mol. The lowest BCUT2D eigenvalue weighted by Gasteiger charge is -2.25. The van der Waals surface area contributed by atoms with E-state index >= 15 is 0 Å². The fourth-order valence-electron chi connectivity index (χ4n) is 1.55. The van der Waals surface area contributed by atoms with Crippen molar-refractivity contribution in [2.75, 3.05) is 25.1 Å². The number of hydrogen-bond acceptors (Lipinski definition) is 4. The Hall–Kier alpha value is -1.62. The zero-order chi connectivity index (χ0) is 10.1. The third-order valence-electron chi connectivity index (χ3n) is 2.54.